The van der Waals surface area contributed by atoms with Crippen LogP contribution in [0.4, 0.5) is 5.69 Å². The van der Waals surface area contributed by atoms with E-state index in [0.717, 1.165) is 24.3 Å². The van der Waals surface area contributed by atoms with Gasteiger partial charge >= 0.3 is 0 Å². The van der Waals surface area contributed by atoms with E-state index in [0.29, 0.717) is 41.4 Å². The lowest BCUT2D eigenvalue weighted by Gasteiger charge is -2.29. The van der Waals surface area contributed by atoms with E-state index < -0.39 is 0 Å². The molecule has 1 aliphatic heterocycles. The van der Waals surface area contributed by atoms with Gasteiger partial charge in [-0.1, -0.05) is 72.4 Å². The number of thioether (sulfide) groups is 1. The number of ether oxygens (including phenoxy) is 1. The third-order valence-electron chi connectivity index (χ3n) is 5.89. The molecule has 0 saturated carbocycles. The first-order chi connectivity index (χ1) is 16.7. The Morgan fingerprint density at radius 2 is 1.65 bits per heavy atom. The molecule has 5 rings (SSSR count). The van der Waals surface area contributed by atoms with E-state index >= 15 is 0 Å². The van der Waals surface area contributed by atoms with Crippen molar-refractivity contribution in [1.29, 1.82) is 0 Å². The highest BCUT2D eigenvalue weighted by Gasteiger charge is 2.17. The molecule has 172 valence electrons. The number of aromatic nitrogens is 2. The Labute approximate surface area is 202 Å². The van der Waals surface area contributed by atoms with E-state index in [1.165, 1.54) is 11.8 Å². The predicted octanol–water partition coefficient (Wildman–Crippen LogP) is 4.26. The second kappa shape index (κ2) is 10.2. The molecule has 4 aromatic rings. The summed E-state index contributed by atoms with van der Waals surface area (Å²) in [7, 11) is 0. The lowest BCUT2D eigenvalue weighted by Crippen LogP contribution is -2.36. The zero-order valence-electron chi connectivity index (χ0n) is 18.7. The van der Waals surface area contributed by atoms with Gasteiger partial charge in [-0.3, -0.25) is 14.2 Å². The monoisotopic (exact) mass is 471 g/mol. The van der Waals surface area contributed by atoms with Crippen molar-refractivity contribution in [2.75, 3.05) is 37.0 Å². The minimum Gasteiger partial charge on any atom is -0.378 e. The molecule has 1 aliphatic rings. The summed E-state index contributed by atoms with van der Waals surface area (Å²) in [6, 6.07) is 24.9. The number of benzene rings is 3. The van der Waals surface area contributed by atoms with Crippen LogP contribution in [0.25, 0.3) is 10.9 Å². The average molecular weight is 472 g/mol. The van der Waals surface area contributed by atoms with E-state index in [1.807, 2.05) is 66.7 Å². The Bertz CT molecular complexity index is 1350. The van der Waals surface area contributed by atoms with E-state index in [-0.39, 0.29) is 17.1 Å². The van der Waals surface area contributed by atoms with Crippen molar-refractivity contribution in [2.24, 2.45) is 0 Å². The van der Waals surface area contributed by atoms with Crippen molar-refractivity contribution < 1.29 is 9.53 Å². The van der Waals surface area contributed by atoms with Crippen LogP contribution in [0.15, 0.2) is 88.8 Å². The first-order valence-corrected chi connectivity index (χ1v) is 12.3. The minimum absolute atomic E-state index is 0.00822. The van der Waals surface area contributed by atoms with Gasteiger partial charge in [-0.15, -0.1) is 0 Å². The summed E-state index contributed by atoms with van der Waals surface area (Å²) in [6.07, 6.45) is 0. The number of hydrogen-bond acceptors (Lipinski definition) is 6. The second-order valence-electron chi connectivity index (χ2n) is 8.15. The van der Waals surface area contributed by atoms with E-state index in [9.17, 15) is 9.59 Å². The van der Waals surface area contributed by atoms with Crippen LogP contribution in [0.5, 0.6) is 0 Å². The molecule has 7 heteroatoms. The lowest BCUT2D eigenvalue weighted by atomic mass is 10.2. The SMILES string of the molecule is O=C(CSc1nc2ccc(N3CCOCC3)cc2c(=O)n1Cc1ccccc1)c1ccccc1. The highest BCUT2D eigenvalue weighted by atomic mass is 32.2. The van der Waals surface area contributed by atoms with Gasteiger partial charge in [-0.25, -0.2) is 4.98 Å². The van der Waals surface area contributed by atoms with Crippen molar-refractivity contribution in [3.63, 3.8) is 0 Å². The van der Waals surface area contributed by atoms with E-state index in [4.69, 9.17) is 9.72 Å². The standard InChI is InChI=1S/C27H25N3O3S/c31-25(21-9-5-2-6-10-21)19-34-27-28-24-12-11-22(29-13-15-33-16-14-29)17-23(24)26(32)30(27)18-20-7-3-1-4-8-20/h1-12,17H,13-16,18-19H2. The van der Waals surface area contributed by atoms with E-state index in [1.54, 1.807) is 16.7 Å². The van der Waals surface area contributed by atoms with Gasteiger partial charge in [0.05, 0.1) is 36.4 Å². The molecule has 0 N–H and O–H groups in total. The van der Waals surface area contributed by atoms with Gasteiger partial charge in [-0.2, -0.15) is 0 Å². The maximum Gasteiger partial charge on any atom is 0.262 e. The number of ketones is 1. The van der Waals surface area contributed by atoms with Crippen LogP contribution >= 0.6 is 11.8 Å². The zero-order chi connectivity index (χ0) is 23.3. The Hall–Kier alpha value is -3.42. The van der Waals surface area contributed by atoms with Gasteiger partial charge in [-0.05, 0) is 23.8 Å². The highest BCUT2D eigenvalue weighted by Crippen LogP contribution is 2.24. The summed E-state index contributed by atoms with van der Waals surface area (Å²) in [4.78, 5) is 33.4. The molecule has 2 heterocycles. The van der Waals surface area contributed by atoms with Gasteiger partial charge < -0.3 is 9.64 Å². The van der Waals surface area contributed by atoms with Crippen LogP contribution in [0.3, 0.4) is 0 Å². The Morgan fingerprint density at radius 1 is 0.941 bits per heavy atom. The molecule has 0 unspecified atom stereocenters. The van der Waals surface area contributed by atoms with Crippen LogP contribution in [0, 0.1) is 0 Å². The molecule has 0 radical (unpaired) electrons. The zero-order valence-corrected chi connectivity index (χ0v) is 19.5. The normalized spacial score (nSPS) is 13.8. The van der Waals surface area contributed by atoms with Crippen LogP contribution in [0.1, 0.15) is 15.9 Å². The molecule has 1 saturated heterocycles. The average Bonchev–Trinajstić information content (AvgIpc) is 2.90. The minimum atomic E-state index is -0.0985. The fourth-order valence-electron chi connectivity index (χ4n) is 4.06. The molecule has 0 aliphatic carbocycles. The summed E-state index contributed by atoms with van der Waals surface area (Å²) in [5, 5.41) is 1.13. The molecule has 0 amide bonds. The summed E-state index contributed by atoms with van der Waals surface area (Å²) in [5.74, 6) is 0.219. The number of anilines is 1. The third-order valence-corrected chi connectivity index (χ3v) is 6.87. The van der Waals surface area contributed by atoms with Gasteiger partial charge in [0.25, 0.3) is 5.56 Å². The number of hydrogen-bond donors (Lipinski definition) is 0. The maximum absolute atomic E-state index is 13.7. The number of carbonyl (C=O) groups is 1. The first-order valence-electron chi connectivity index (χ1n) is 11.3. The van der Waals surface area contributed by atoms with E-state index in [2.05, 4.69) is 4.90 Å². The van der Waals surface area contributed by atoms with Gasteiger partial charge in [0.2, 0.25) is 0 Å². The quantitative estimate of drug-likeness (QED) is 0.228. The third kappa shape index (κ3) is 4.90. The summed E-state index contributed by atoms with van der Waals surface area (Å²) in [5.41, 5.74) is 3.20. The largest absolute Gasteiger partial charge is 0.378 e. The number of nitrogens with zero attached hydrogens (tertiary/aromatic N) is 3. The fraction of sp³-hybridized carbons (Fsp3) is 0.222. The van der Waals surface area contributed by atoms with Gasteiger partial charge in [0.15, 0.2) is 10.9 Å². The van der Waals surface area contributed by atoms with Crippen molar-refractivity contribution in [1.82, 2.24) is 9.55 Å². The molecule has 6 nitrogen and oxygen atoms in total. The van der Waals surface area contributed by atoms with Crippen molar-refractivity contribution in [2.45, 2.75) is 11.7 Å². The Balaban J connectivity index is 1.52. The molecule has 0 atom stereocenters. The molecule has 1 aromatic heterocycles. The van der Waals surface area contributed by atoms with Crippen molar-refractivity contribution in [3.05, 3.63) is 100 Å². The number of carbonyl (C=O) groups excluding carboxylic acids is 1. The van der Waals surface area contributed by atoms with Crippen LogP contribution in [-0.2, 0) is 11.3 Å². The molecule has 1 fully saturated rings. The maximum atomic E-state index is 13.7. The van der Waals surface area contributed by atoms with Gasteiger partial charge in [0.1, 0.15) is 0 Å². The molecule has 3 aromatic carbocycles. The van der Waals surface area contributed by atoms with Gasteiger partial charge in [0, 0.05) is 24.3 Å². The van der Waals surface area contributed by atoms with Crippen LogP contribution < -0.4 is 10.5 Å². The summed E-state index contributed by atoms with van der Waals surface area (Å²) >= 11 is 1.31. The highest BCUT2D eigenvalue weighted by molar-refractivity contribution is 7.99. The molecule has 0 spiro atoms. The fourth-order valence-corrected chi connectivity index (χ4v) is 4.95. The Morgan fingerprint density at radius 3 is 2.38 bits per heavy atom. The number of morpholine rings is 1. The second-order valence-corrected chi connectivity index (χ2v) is 9.09. The van der Waals surface area contributed by atoms with Crippen LogP contribution in [0.2, 0.25) is 0 Å². The topological polar surface area (TPSA) is 64.4 Å². The lowest BCUT2D eigenvalue weighted by molar-refractivity contribution is 0.102. The first kappa shape index (κ1) is 22.4. The molecular weight excluding hydrogens is 446 g/mol. The number of Topliss-reactive ketones (excluding diaryl/α,β-unsaturated/α-hetero) is 1. The number of fused-ring (bicyclic) bond motifs is 1. The van der Waals surface area contributed by atoms with Crippen LogP contribution in [-0.4, -0.2) is 47.4 Å². The predicted molar refractivity (Wildman–Crippen MR) is 136 cm³/mol. The number of rotatable bonds is 7. The van der Waals surface area contributed by atoms with Crippen molar-refractivity contribution in [3.8, 4) is 0 Å². The summed E-state index contributed by atoms with van der Waals surface area (Å²) in [6.45, 7) is 3.35. The molecular formula is C27H25N3O3S. The molecule has 0 bridgehead atoms. The molecule has 34 heavy (non-hydrogen) atoms. The smallest absolute Gasteiger partial charge is 0.262 e. The Kier molecular flexibility index (Phi) is 6.74. The van der Waals surface area contributed by atoms with Crippen molar-refractivity contribution >= 4 is 34.1 Å². The summed E-state index contributed by atoms with van der Waals surface area (Å²) < 4.78 is 7.15.